The van der Waals surface area contributed by atoms with E-state index in [1.165, 1.54) is 11.4 Å². The van der Waals surface area contributed by atoms with Crippen LogP contribution in [0.5, 0.6) is 0 Å². The van der Waals surface area contributed by atoms with Gasteiger partial charge in [0.1, 0.15) is 0 Å². The summed E-state index contributed by atoms with van der Waals surface area (Å²) in [4.78, 5) is 10.9. The lowest BCUT2D eigenvalue weighted by Gasteiger charge is -2.28. The van der Waals surface area contributed by atoms with E-state index in [0.717, 1.165) is 0 Å². The van der Waals surface area contributed by atoms with Crippen LogP contribution in [0.25, 0.3) is 0 Å². The Bertz CT molecular complexity index is 428. The molecule has 1 saturated heterocycles. The molecule has 1 unspecified atom stereocenters. The summed E-state index contributed by atoms with van der Waals surface area (Å²) in [6.45, 7) is 0.518. The van der Waals surface area contributed by atoms with Gasteiger partial charge in [-0.15, -0.1) is 0 Å². The average Bonchev–Trinajstić information content (AvgIpc) is 2.38. The number of carbonyl (C=O) groups excluding carboxylic acids is 1. The molecule has 0 radical (unpaired) electrons. The Morgan fingerprint density at radius 3 is 2.94 bits per heavy atom. The van der Waals surface area contributed by atoms with E-state index in [-0.39, 0.29) is 38.3 Å². The molecular formula is C10H16N2O5S. The molecule has 0 aromatic rings. The van der Waals surface area contributed by atoms with Crippen molar-refractivity contribution in [2.45, 2.75) is 18.9 Å². The highest BCUT2D eigenvalue weighted by Gasteiger charge is 2.29. The molecule has 0 amide bonds. The van der Waals surface area contributed by atoms with Crippen molar-refractivity contribution in [3.63, 3.8) is 0 Å². The van der Waals surface area contributed by atoms with Crippen LogP contribution in [0, 0.1) is 11.3 Å². The van der Waals surface area contributed by atoms with Crippen molar-refractivity contribution in [2.24, 2.45) is 0 Å². The van der Waals surface area contributed by atoms with Gasteiger partial charge in [-0.1, -0.05) is 0 Å². The molecule has 1 fully saturated rings. The predicted molar refractivity (Wildman–Crippen MR) is 62.0 cm³/mol. The molecule has 1 atom stereocenters. The van der Waals surface area contributed by atoms with Crippen LogP contribution < -0.4 is 0 Å². The Morgan fingerprint density at radius 2 is 2.33 bits per heavy atom. The van der Waals surface area contributed by atoms with Crippen molar-refractivity contribution in [1.82, 2.24) is 4.31 Å². The number of esters is 1. The fourth-order valence-corrected chi connectivity index (χ4v) is 3.07. The monoisotopic (exact) mass is 276 g/mol. The number of carbonyl (C=O) groups is 1. The molecule has 0 N–H and O–H groups in total. The number of rotatable bonds is 5. The lowest BCUT2D eigenvalue weighted by molar-refractivity contribution is -0.140. The van der Waals surface area contributed by atoms with Crippen molar-refractivity contribution in [3.05, 3.63) is 0 Å². The molecule has 7 nitrogen and oxygen atoms in total. The average molecular weight is 276 g/mol. The van der Waals surface area contributed by atoms with Crippen molar-refractivity contribution in [3.8, 4) is 6.07 Å². The summed E-state index contributed by atoms with van der Waals surface area (Å²) in [6.07, 6.45) is -0.431. The molecule has 0 aromatic heterocycles. The van der Waals surface area contributed by atoms with E-state index in [9.17, 15) is 13.2 Å². The third-order valence-corrected chi connectivity index (χ3v) is 4.50. The smallest absolute Gasteiger partial charge is 0.305 e. The highest BCUT2D eigenvalue weighted by Crippen LogP contribution is 2.11. The summed E-state index contributed by atoms with van der Waals surface area (Å²) in [5, 5.41) is 8.70. The largest absolute Gasteiger partial charge is 0.469 e. The molecule has 18 heavy (non-hydrogen) atoms. The molecule has 1 rings (SSSR count). The molecule has 0 spiro atoms. The number of sulfonamides is 1. The third kappa shape index (κ3) is 4.25. The zero-order valence-electron chi connectivity index (χ0n) is 10.2. The topological polar surface area (TPSA) is 96.7 Å². The van der Waals surface area contributed by atoms with Crippen LogP contribution in [0.3, 0.4) is 0 Å². The Labute approximate surface area is 106 Å². The Morgan fingerprint density at radius 1 is 1.61 bits per heavy atom. The molecule has 0 bridgehead atoms. The summed E-state index contributed by atoms with van der Waals surface area (Å²) < 4.78 is 34.6. The van der Waals surface area contributed by atoms with E-state index < -0.39 is 22.1 Å². The van der Waals surface area contributed by atoms with Crippen LogP contribution >= 0.6 is 0 Å². The number of ether oxygens (including phenoxy) is 2. The second-order valence-corrected chi connectivity index (χ2v) is 5.93. The maximum atomic E-state index is 11.9. The fourth-order valence-electron chi connectivity index (χ4n) is 1.59. The lowest BCUT2D eigenvalue weighted by Crippen LogP contribution is -2.45. The number of morpholine rings is 1. The summed E-state index contributed by atoms with van der Waals surface area (Å²) in [5.74, 6) is -0.553. The van der Waals surface area contributed by atoms with Crippen LogP contribution in [-0.4, -0.2) is 57.4 Å². The van der Waals surface area contributed by atoms with Crippen LogP contribution in [-0.2, 0) is 24.3 Å². The molecular weight excluding hydrogens is 260 g/mol. The minimum absolute atomic E-state index is 0.0526. The second kappa shape index (κ2) is 6.68. The van der Waals surface area contributed by atoms with Gasteiger partial charge in [-0.3, -0.25) is 4.79 Å². The molecule has 1 heterocycles. The number of nitriles is 1. The Kier molecular flexibility index (Phi) is 5.53. The molecule has 1 aliphatic rings. The fraction of sp³-hybridized carbons (Fsp3) is 0.800. The molecule has 1 aliphatic heterocycles. The molecule has 8 heteroatoms. The third-order valence-electron chi connectivity index (χ3n) is 2.58. The zero-order chi connectivity index (χ0) is 13.6. The molecule has 0 aliphatic carbocycles. The van der Waals surface area contributed by atoms with E-state index in [2.05, 4.69) is 4.74 Å². The van der Waals surface area contributed by atoms with Crippen molar-refractivity contribution in [1.29, 1.82) is 5.26 Å². The summed E-state index contributed by atoms with van der Waals surface area (Å²) in [6, 6.07) is 1.89. The Balaban J connectivity index is 2.48. The van der Waals surface area contributed by atoms with Gasteiger partial charge >= 0.3 is 5.97 Å². The highest BCUT2D eigenvalue weighted by atomic mass is 32.2. The summed E-state index contributed by atoms with van der Waals surface area (Å²) in [7, 11) is -2.18. The van der Waals surface area contributed by atoms with Crippen LogP contribution in [0.2, 0.25) is 0 Å². The van der Waals surface area contributed by atoms with Gasteiger partial charge < -0.3 is 9.47 Å². The first-order chi connectivity index (χ1) is 8.49. The molecule has 102 valence electrons. The first-order valence-corrected chi connectivity index (χ1v) is 7.16. The number of methoxy groups -OCH3 is 1. The van der Waals surface area contributed by atoms with Gasteiger partial charge in [0.25, 0.3) is 0 Å². The van der Waals surface area contributed by atoms with Gasteiger partial charge in [0, 0.05) is 13.0 Å². The first-order valence-electron chi connectivity index (χ1n) is 5.55. The minimum Gasteiger partial charge on any atom is -0.469 e. The maximum absolute atomic E-state index is 11.9. The SMILES string of the molecule is COC(=O)CCCS(=O)(=O)N1CCOC(C#N)C1. The van der Waals surface area contributed by atoms with Crippen molar-refractivity contribution < 1.29 is 22.7 Å². The van der Waals surface area contributed by atoms with Crippen LogP contribution in [0.4, 0.5) is 0 Å². The number of nitrogens with zero attached hydrogens (tertiary/aromatic N) is 2. The van der Waals surface area contributed by atoms with E-state index in [1.807, 2.05) is 6.07 Å². The normalized spacial score (nSPS) is 21.2. The lowest BCUT2D eigenvalue weighted by atomic mass is 10.3. The number of hydrogen-bond acceptors (Lipinski definition) is 6. The van der Waals surface area contributed by atoms with Gasteiger partial charge in [0.05, 0.1) is 32.1 Å². The standard InChI is InChI=1S/C10H16N2O5S/c1-16-10(13)3-2-6-18(14,15)12-4-5-17-9(7-11)8-12/h9H,2-6,8H2,1H3. The summed E-state index contributed by atoms with van der Waals surface area (Å²) in [5.41, 5.74) is 0. The second-order valence-electron chi connectivity index (χ2n) is 3.84. The van der Waals surface area contributed by atoms with Crippen molar-refractivity contribution in [2.75, 3.05) is 32.6 Å². The highest BCUT2D eigenvalue weighted by molar-refractivity contribution is 7.89. The first kappa shape index (κ1) is 14.9. The van der Waals surface area contributed by atoms with Gasteiger partial charge in [-0.25, -0.2) is 8.42 Å². The Hall–Kier alpha value is -1.17. The minimum atomic E-state index is -3.44. The van der Waals surface area contributed by atoms with E-state index in [4.69, 9.17) is 10.00 Å². The van der Waals surface area contributed by atoms with E-state index in [1.54, 1.807) is 0 Å². The van der Waals surface area contributed by atoms with Gasteiger partial charge in [-0.2, -0.15) is 9.57 Å². The number of hydrogen-bond donors (Lipinski definition) is 0. The van der Waals surface area contributed by atoms with E-state index >= 15 is 0 Å². The van der Waals surface area contributed by atoms with Crippen LogP contribution in [0.1, 0.15) is 12.8 Å². The van der Waals surface area contributed by atoms with Crippen molar-refractivity contribution >= 4 is 16.0 Å². The van der Waals surface area contributed by atoms with E-state index in [0.29, 0.717) is 0 Å². The molecule has 0 saturated carbocycles. The van der Waals surface area contributed by atoms with Gasteiger partial charge in [0.15, 0.2) is 6.10 Å². The zero-order valence-corrected chi connectivity index (χ0v) is 11.0. The summed E-state index contributed by atoms with van der Waals surface area (Å²) >= 11 is 0. The predicted octanol–water partition coefficient (Wildman–Crippen LogP) is -0.506. The van der Waals surface area contributed by atoms with Gasteiger partial charge in [0.2, 0.25) is 10.0 Å². The van der Waals surface area contributed by atoms with Gasteiger partial charge in [-0.05, 0) is 6.42 Å². The molecule has 0 aromatic carbocycles. The van der Waals surface area contributed by atoms with Crippen LogP contribution in [0.15, 0.2) is 0 Å². The maximum Gasteiger partial charge on any atom is 0.305 e. The quantitative estimate of drug-likeness (QED) is 0.628.